The van der Waals surface area contributed by atoms with Crippen molar-refractivity contribution >= 4 is 0 Å². The first-order valence-corrected chi connectivity index (χ1v) is 7.89. The number of benzene rings is 1. The van der Waals surface area contributed by atoms with Gasteiger partial charge in [-0.15, -0.1) is 0 Å². The minimum absolute atomic E-state index is 0.0377. The van der Waals surface area contributed by atoms with Gasteiger partial charge in [0.25, 0.3) is 0 Å². The number of hydrogen-bond acceptors (Lipinski definition) is 4. The van der Waals surface area contributed by atoms with Crippen LogP contribution in [0.4, 0.5) is 4.39 Å². The van der Waals surface area contributed by atoms with Gasteiger partial charge in [0.05, 0.1) is 5.69 Å². The third-order valence-corrected chi connectivity index (χ3v) is 4.47. The highest BCUT2D eigenvalue weighted by atomic mass is 19.1. The molecule has 0 amide bonds. The first-order chi connectivity index (χ1) is 11.0. The van der Waals surface area contributed by atoms with E-state index in [9.17, 15) is 9.50 Å². The van der Waals surface area contributed by atoms with E-state index in [2.05, 4.69) is 21.8 Å². The van der Waals surface area contributed by atoms with Gasteiger partial charge in [0.15, 0.2) is 0 Å². The van der Waals surface area contributed by atoms with Crippen molar-refractivity contribution in [2.75, 3.05) is 33.2 Å². The van der Waals surface area contributed by atoms with Crippen LogP contribution in [0.3, 0.4) is 0 Å². The Balaban J connectivity index is 1.73. The summed E-state index contributed by atoms with van der Waals surface area (Å²) in [5.74, 6) is -0.442. The monoisotopic (exact) mass is 315 g/mol. The molecule has 1 fully saturated rings. The molecule has 1 aliphatic rings. The second kappa shape index (κ2) is 6.64. The summed E-state index contributed by atoms with van der Waals surface area (Å²) in [5.41, 5.74) is 2.63. The molecular weight excluding hydrogens is 293 g/mol. The molecule has 2 heterocycles. The van der Waals surface area contributed by atoms with Gasteiger partial charge in [0.1, 0.15) is 11.6 Å². The highest BCUT2D eigenvalue weighted by Gasteiger charge is 2.15. The summed E-state index contributed by atoms with van der Waals surface area (Å²) in [7, 11) is 2.14. The van der Waals surface area contributed by atoms with Crippen molar-refractivity contribution in [3.05, 3.63) is 47.4 Å². The normalized spacial score (nSPS) is 16.7. The quantitative estimate of drug-likeness (QED) is 0.945. The zero-order valence-electron chi connectivity index (χ0n) is 13.6. The number of phenols is 1. The molecule has 23 heavy (non-hydrogen) atoms. The topological polar surface area (TPSA) is 39.6 Å². The van der Waals surface area contributed by atoms with Crippen LogP contribution < -0.4 is 0 Å². The third kappa shape index (κ3) is 3.51. The highest BCUT2D eigenvalue weighted by Crippen LogP contribution is 2.32. The van der Waals surface area contributed by atoms with Crippen LogP contribution in [0.5, 0.6) is 5.75 Å². The molecule has 1 aromatic carbocycles. The van der Waals surface area contributed by atoms with Crippen molar-refractivity contribution in [3.63, 3.8) is 0 Å². The van der Waals surface area contributed by atoms with Crippen LogP contribution in [0.2, 0.25) is 0 Å². The first-order valence-electron chi connectivity index (χ1n) is 7.89. The van der Waals surface area contributed by atoms with Crippen molar-refractivity contribution in [1.82, 2.24) is 14.8 Å². The molecule has 0 radical (unpaired) electrons. The van der Waals surface area contributed by atoms with Crippen LogP contribution in [0, 0.1) is 12.7 Å². The zero-order chi connectivity index (χ0) is 16.4. The van der Waals surface area contributed by atoms with Crippen LogP contribution in [0.1, 0.15) is 11.1 Å². The van der Waals surface area contributed by atoms with Gasteiger partial charge in [-0.05, 0) is 37.7 Å². The van der Waals surface area contributed by atoms with E-state index in [1.807, 2.05) is 18.3 Å². The van der Waals surface area contributed by atoms with Crippen LogP contribution >= 0.6 is 0 Å². The summed E-state index contributed by atoms with van der Waals surface area (Å²) in [6, 6.07) is 6.85. The third-order valence-electron chi connectivity index (χ3n) is 4.47. The van der Waals surface area contributed by atoms with E-state index < -0.39 is 5.82 Å². The minimum Gasteiger partial charge on any atom is -0.507 e. The number of aromatic nitrogens is 1. The Morgan fingerprint density at radius 1 is 1.13 bits per heavy atom. The van der Waals surface area contributed by atoms with Crippen molar-refractivity contribution in [2.24, 2.45) is 0 Å². The summed E-state index contributed by atoms with van der Waals surface area (Å²) in [6.07, 6.45) is 1.84. The Hall–Kier alpha value is -1.98. The zero-order valence-corrected chi connectivity index (χ0v) is 13.6. The number of halogens is 1. The average Bonchev–Trinajstić information content (AvgIpc) is 2.56. The SMILES string of the molecule is Cc1c(F)ccc(-c2ccc(CN3CCN(C)CC3)cn2)c1O. The number of aromatic hydroxyl groups is 1. The van der Waals surface area contributed by atoms with Crippen molar-refractivity contribution in [3.8, 4) is 17.0 Å². The van der Waals surface area contributed by atoms with Crippen LogP contribution in [-0.2, 0) is 6.54 Å². The molecule has 1 aliphatic heterocycles. The summed E-state index contributed by atoms with van der Waals surface area (Å²) in [6.45, 7) is 6.76. The van der Waals surface area contributed by atoms with Gasteiger partial charge in [-0.1, -0.05) is 6.07 Å². The molecule has 0 unspecified atom stereocenters. The molecular formula is C18H22FN3O. The Morgan fingerprint density at radius 3 is 2.52 bits per heavy atom. The van der Waals surface area contributed by atoms with Crippen LogP contribution in [0.25, 0.3) is 11.3 Å². The first kappa shape index (κ1) is 15.9. The fourth-order valence-corrected chi connectivity index (χ4v) is 2.82. The van der Waals surface area contributed by atoms with Gasteiger partial charge < -0.3 is 10.0 Å². The van der Waals surface area contributed by atoms with Gasteiger partial charge in [-0.3, -0.25) is 9.88 Å². The molecule has 0 atom stereocenters. The van der Waals surface area contributed by atoms with Crippen molar-refractivity contribution in [2.45, 2.75) is 13.5 Å². The molecule has 2 aromatic rings. The molecule has 0 saturated carbocycles. The van der Waals surface area contributed by atoms with Gasteiger partial charge in [-0.2, -0.15) is 0 Å². The molecule has 3 rings (SSSR count). The number of pyridine rings is 1. The molecule has 1 aromatic heterocycles. The Labute approximate surface area is 136 Å². The maximum Gasteiger partial charge on any atom is 0.130 e. The number of piperazine rings is 1. The molecule has 0 aliphatic carbocycles. The van der Waals surface area contributed by atoms with E-state index in [1.165, 1.54) is 6.07 Å². The van der Waals surface area contributed by atoms with Crippen LogP contribution in [0.15, 0.2) is 30.5 Å². The predicted molar refractivity (Wildman–Crippen MR) is 88.8 cm³/mol. The summed E-state index contributed by atoms with van der Waals surface area (Å²) < 4.78 is 13.4. The standard InChI is InChI=1S/C18H22FN3O/c1-13-16(19)5-4-15(18(13)23)17-6-3-14(11-20-17)12-22-9-7-21(2)8-10-22/h3-6,11,23H,7-10,12H2,1-2H3. The van der Waals surface area contributed by atoms with Crippen molar-refractivity contribution < 1.29 is 9.50 Å². The second-order valence-electron chi connectivity index (χ2n) is 6.20. The predicted octanol–water partition coefficient (Wildman–Crippen LogP) is 2.65. The molecule has 1 saturated heterocycles. The van der Waals surface area contributed by atoms with E-state index in [1.54, 1.807) is 13.0 Å². The minimum atomic E-state index is -0.405. The van der Waals surface area contributed by atoms with E-state index in [0.29, 0.717) is 11.3 Å². The summed E-state index contributed by atoms with van der Waals surface area (Å²) >= 11 is 0. The van der Waals surface area contributed by atoms with Gasteiger partial charge in [-0.25, -0.2) is 4.39 Å². The molecule has 1 N–H and O–H groups in total. The Bertz CT molecular complexity index is 679. The van der Waals surface area contributed by atoms with Gasteiger partial charge in [0, 0.05) is 50.0 Å². The highest BCUT2D eigenvalue weighted by molar-refractivity contribution is 5.68. The molecule has 0 bridgehead atoms. The van der Waals surface area contributed by atoms with E-state index >= 15 is 0 Å². The summed E-state index contributed by atoms with van der Waals surface area (Å²) in [5, 5.41) is 10.1. The smallest absolute Gasteiger partial charge is 0.130 e. The molecule has 4 nitrogen and oxygen atoms in total. The molecule has 0 spiro atoms. The lowest BCUT2D eigenvalue weighted by atomic mass is 10.1. The summed E-state index contributed by atoms with van der Waals surface area (Å²) in [4.78, 5) is 9.19. The number of rotatable bonds is 3. The Morgan fingerprint density at radius 2 is 1.87 bits per heavy atom. The second-order valence-corrected chi connectivity index (χ2v) is 6.20. The lowest BCUT2D eigenvalue weighted by molar-refractivity contribution is 0.148. The molecule has 5 heteroatoms. The lowest BCUT2D eigenvalue weighted by Gasteiger charge is -2.32. The Kier molecular flexibility index (Phi) is 4.59. The molecule has 122 valence electrons. The average molecular weight is 315 g/mol. The number of likely N-dealkylation sites (N-methyl/N-ethyl adjacent to an activating group) is 1. The number of hydrogen-bond donors (Lipinski definition) is 1. The maximum atomic E-state index is 13.4. The van der Waals surface area contributed by atoms with Crippen molar-refractivity contribution in [1.29, 1.82) is 0 Å². The lowest BCUT2D eigenvalue weighted by Crippen LogP contribution is -2.43. The number of nitrogens with zero attached hydrogens (tertiary/aromatic N) is 3. The fraction of sp³-hybridized carbons (Fsp3) is 0.389. The van der Waals surface area contributed by atoms with Gasteiger partial charge >= 0.3 is 0 Å². The van der Waals surface area contributed by atoms with E-state index in [-0.39, 0.29) is 11.3 Å². The fourth-order valence-electron chi connectivity index (χ4n) is 2.82. The van der Waals surface area contributed by atoms with E-state index in [4.69, 9.17) is 0 Å². The number of phenolic OH excluding ortho intramolecular Hbond substituents is 1. The largest absolute Gasteiger partial charge is 0.507 e. The maximum absolute atomic E-state index is 13.4. The van der Waals surface area contributed by atoms with Gasteiger partial charge in [0.2, 0.25) is 0 Å². The van der Waals surface area contributed by atoms with E-state index in [0.717, 1.165) is 38.3 Å². The van der Waals surface area contributed by atoms with Crippen LogP contribution in [-0.4, -0.2) is 53.1 Å².